The third-order valence-electron chi connectivity index (χ3n) is 3.70. The van der Waals surface area contributed by atoms with Gasteiger partial charge in [0.2, 0.25) is 0 Å². The summed E-state index contributed by atoms with van der Waals surface area (Å²) in [5.74, 6) is 0.872. The summed E-state index contributed by atoms with van der Waals surface area (Å²) >= 11 is 1.57. The highest BCUT2D eigenvalue weighted by Gasteiger charge is 2.27. The van der Waals surface area contributed by atoms with Gasteiger partial charge in [-0.2, -0.15) is 0 Å². The number of aryl methyl sites for hydroxylation is 1. The number of thioether (sulfide) groups is 1. The molecule has 0 saturated carbocycles. The average molecular weight is 288 g/mol. The van der Waals surface area contributed by atoms with Crippen molar-refractivity contribution in [3.8, 4) is 5.75 Å². The summed E-state index contributed by atoms with van der Waals surface area (Å²) in [6.07, 6.45) is 4.55. The van der Waals surface area contributed by atoms with Gasteiger partial charge in [-0.3, -0.25) is 4.79 Å². The molecule has 0 fully saturated rings. The van der Waals surface area contributed by atoms with Crippen molar-refractivity contribution in [2.24, 2.45) is 0 Å². The number of carbonyl (C=O) groups is 1. The summed E-state index contributed by atoms with van der Waals surface area (Å²) < 4.78 is 10.5. The zero-order valence-corrected chi connectivity index (χ0v) is 12.4. The summed E-state index contributed by atoms with van der Waals surface area (Å²) in [4.78, 5) is 13.8. The van der Waals surface area contributed by atoms with Crippen LogP contribution >= 0.6 is 11.8 Å². The van der Waals surface area contributed by atoms with Crippen molar-refractivity contribution in [2.75, 3.05) is 14.2 Å². The van der Waals surface area contributed by atoms with Crippen molar-refractivity contribution in [3.63, 3.8) is 0 Å². The molecular formula is C16H16O3S. The van der Waals surface area contributed by atoms with Gasteiger partial charge in [0.1, 0.15) is 5.75 Å². The van der Waals surface area contributed by atoms with Gasteiger partial charge >= 0.3 is 0 Å². The largest absolute Gasteiger partial charge is 0.497 e. The van der Waals surface area contributed by atoms with Crippen LogP contribution in [-0.4, -0.2) is 20.0 Å². The molecule has 0 aromatic heterocycles. The lowest BCUT2D eigenvalue weighted by Gasteiger charge is -2.19. The highest BCUT2D eigenvalue weighted by molar-refractivity contribution is 8.06. The third-order valence-corrected chi connectivity index (χ3v) is 4.89. The fourth-order valence-corrected chi connectivity index (χ4v) is 3.58. The van der Waals surface area contributed by atoms with E-state index in [9.17, 15) is 4.79 Å². The minimum Gasteiger partial charge on any atom is -0.497 e. The molecule has 1 aromatic carbocycles. The molecule has 20 heavy (non-hydrogen) atoms. The van der Waals surface area contributed by atoms with Crippen molar-refractivity contribution in [2.45, 2.75) is 19.3 Å². The van der Waals surface area contributed by atoms with Crippen molar-refractivity contribution < 1.29 is 14.3 Å². The normalized spacial score (nSPS) is 21.5. The number of ketones is 1. The van der Waals surface area contributed by atoms with Crippen LogP contribution in [0, 0.1) is 0 Å². The molecule has 0 radical (unpaired) electrons. The van der Waals surface area contributed by atoms with E-state index in [2.05, 4.69) is 0 Å². The topological polar surface area (TPSA) is 35.5 Å². The molecule has 0 saturated heterocycles. The second-order valence-corrected chi connectivity index (χ2v) is 5.89. The minimum absolute atomic E-state index is 0.137. The van der Waals surface area contributed by atoms with Gasteiger partial charge in [0.25, 0.3) is 0 Å². The summed E-state index contributed by atoms with van der Waals surface area (Å²) in [5.41, 5.74) is 2.83. The Bertz CT molecular complexity index is 629. The van der Waals surface area contributed by atoms with E-state index in [1.165, 1.54) is 0 Å². The Hall–Kier alpha value is -1.68. The molecule has 1 aliphatic carbocycles. The van der Waals surface area contributed by atoms with Gasteiger partial charge in [-0.1, -0.05) is 17.8 Å². The molecule has 0 atom stereocenters. The lowest BCUT2D eigenvalue weighted by Crippen LogP contribution is -2.15. The van der Waals surface area contributed by atoms with Crippen molar-refractivity contribution in [1.29, 1.82) is 0 Å². The van der Waals surface area contributed by atoms with Crippen LogP contribution in [-0.2, 0) is 11.2 Å². The van der Waals surface area contributed by atoms with Crippen molar-refractivity contribution in [3.05, 3.63) is 51.0 Å². The SMILES string of the molecule is COC1=CCC(=C2CCc3ccc(OC)cc3C2=O)S1. The molecule has 4 heteroatoms. The Balaban J connectivity index is 1.95. The minimum atomic E-state index is 0.137. The third kappa shape index (κ3) is 2.24. The number of Topliss-reactive ketones (excluding diaryl/α,β-unsaturated/α-hetero) is 1. The molecule has 0 N–H and O–H groups in total. The molecule has 104 valence electrons. The molecule has 0 amide bonds. The van der Waals surface area contributed by atoms with E-state index in [0.29, 0.717) is 0 Å². The number of ether oxygens (including phenoxy) is 2. The van der Waals surface area contributed by atoms with Crippen LogP contribution in [0.3, 0.4) is 0 Å². The smallest absolute Gasteiger partial charge is 0.190 e. The number of carbonyl (C=O) groups excluding carboxylic acids is 1. The fraction of sp³-hybridized carbons (Fsp3) is 0.312. The van der Waals surface area contributed by atoms with Crippen LogP contribution in [0.25, 0.3) is 0 Å². The summed E-state index contributed by atoms with van der Waals surface area (Å²) in [6, 6.07) is 5.76. The van der Waals surface area contributed by atoms with Gasteiger partial charge in [0.05, 0.1) is 14.2 Å². The number of hydrogen-bond acceptors (Lipinski definition) is 4. The van der Waals surface area contributed by atoms with Crippen molar-refractivity contribution >= 4 is 17.5 Å². The lowest BCUT2D eigenvalue weighted by molar-refractivity contribution is 0.102. The molecule has 1 aromatic rings. The number of benzene rings is 1. The first-order chi connectivity index (χ1) is 9.72. The maximum Gasteiger partial charge on any atom is 0.190 e. The van der Waals surface area contributed by atoms with Gasteiger partial charge in [-0.05, 0) is 36.6 Å². The van der Waals surface area contributed by atoms with Crippen LogP contribution in [0.1, 0.15) is 28.8 Å². The standard InChI is InChI=1S/C16H16O3S/c1-18-11-5-3-10-4-6-12(16(17)13(10)9-11)14-7-8-15(19-2)20-14/h3,5,8-9H,4,6-7H2,1-2H3. The average Bonchev–Trinajstić information content (AvgIpc) is 2.96. The van der Waals surface area contributed by atoms with Crippen molar-refractivity contribution in [1.82, 2.24) is 0 Å². The van der Waals surface area contributed by atoms with Crippen LogP contribution in [0.5, 0.6) is 5.75 Å². The molecule has 0 bridgehead atoms. The zero-order valence-electron chi connectivity index (χ0n) is 11.6. The Morgan fingerprint density at radius 1 is 1.15 bits per heavy atom. The summed E-state index contributed by atoms with van der Waals surface area (Å²) in [7, 11) is 3.28. The summed E-state index contributed by atoms with van der Waals surface area (Å²) in [5, 5.41) is 0.886. The first-order valence-corrected chi connectivity index (χ1v) is 7.40. The lowest BCUT2D eigenvalue weighted by atomic mass is 9.86. The van der Waals surface area contributed by atoms with Gasteiger partial charge in [-0.15, -0.1) is 0 Å². The Morgan fingerprint density at radius 3 is 2.70 bits per heavy atom. The van der Waals surface area contributed by atoms with Crippen LogP contribution in [0.4, 0.5) is 0 Å². The van der Waals surface area contributed by atoms with E-state index in [0.717, 1.165) is 51.7 Å². The van der Waals surface area contributed by atoms with Crippen LogP contribution < -0.4 is 4.74 Å². The highest BCUT2D eigenvalue weighted by Crippen LogP contribution is 2.41. The number of hydrogen-bond donors (Lipinski definition) is 0. The molecule has 1 aliphatic heterocycles. The molecule has 0 unspecified atom stereocenters. The predicted molar refractivity (Wildman–Crippen MR) is 80.0 cm³/mol. The van der Waals surface area contributed by atoms with Crippen LogP contribution in [0.2, 0.25) is 0 Å². The van der Waals surface area contributed by atoms with E-state index < -0.39 is 0 Å². The van der Waals surface area contributed by atoms with Crippen LogP contribution in [0.15, 0.2) is 39.8 Å². The molecule has 2 aliphatic rings. The van der Waals surface area contributed by atoms with E-state index in [1.54, 1.807) is 26.0 Å². The van der Waals surface area contributed by atoms with Gasteiger partial charge in [0, 0.05) is 22.5 Å². The molecule has 3 nitrogen and oxygen atoms in total. The van der Waals surface area contributed by atoms with Gasteiger partial charge in [0.15, 0.2) is 10.9 Å². The quantitative estimate of drug-likeness (QED) is 0.777. The van der Waals surface area contributed by atoms with E-state index in [-0.39, 0.29) is 5.78 Å². The van der Waals surface area contributed by atoms with E-state index >= 15 is 0 Å². The first-order valence-electron chi connectivity index (χ1n) is 6.58. The Morgan fingerprint density at radius 2 is 2.00 bits per heavy atom. The highest BCUT2D eigenvalue weighted by atomic mass is 32.2. The molecule has 0 spiro atoms. The second kappa shape index (κ2) is 5.37. The predicted octanol–water partition coefficient (Wildman–Crippen LogP) is 3.70. The van der Waals surface area contributed by atoms with E-state index in [4.69, 9.17) is 9.47 Å². The first kappa shape index (κ1) is 13.3. The number of methoxy groups -OCH3 is 2. The number of rotatable bonds is 2. The summed E-state index contributed by atoms with van der Waals surface area (Å²) in [6.45, 7) is 0. The van der Waals surface area contributed by atoms with E-state index in [1.807, 2.05) is 24.3 Å². The van der Waals surface area contributed by atoms with Gasteiger partial charge in [-0.25, -0.2) is 0 Å². The maximum absolute atomic E-state index is 12.7. The Kier molecular flexibility index (Phi) is 3.57. The fourth-order valence-electron chi connectivity index (χ4n) is 2.60. The number of fused-ring (bicyclic) bond motifs is 1. The monoisotopic (exact) mass is 288 g/mol. The van der Waals surface area contributed by atoms with Gasteiger partial charge < -0.3 is 9.47 Å². The number of allylic oxidation sites excluding steroid dienone is 3. The Labute approximate surface area is 122 Å². The second-order valence-electron chi connectivity index (χ2n) is 4.79. The molecule has 3 rings (SSSR count). The molecular weight excluding hydrogens is 272 g/mol. The maximum atomic E-state index is 12.7. The zero-order chi connectivity index (χ0) is 14.1. The molecule has 1 heterocycles.